The molecule has 1 aromatic carbocycles. The Labute approximate surface area is 123 Å². The van der Waals surface area contributed by atoms with E-state index in [0.29, 0.717) is 12.8 Å². The first-order valence-electron chi connectivity index (χ1n) is 7.31. The standard InChI is InChI=1S/C15H18N4O2/c1-10-17-14-6-5-12(8-19(14)18-10)16-7-11-3-2-4-13-15(11)21-9-20-13/h2-4,12,16H,5-9H2,1H3/t12-/m0/s1. The summed E-state index contributed by atoms with van der Waals surface area (Å²) in [7, 11) is 0. The number of nitrogens with zero attached hydrogens (tertiary/aromatic N) is 3. The number of fused-ring (bicyclic) bond motifs is 2. The molecule has 0 aliphatic carbocycles. The van der Waals surface area contributed by atoms with Crippen LogP contribution in [-0.4, -0.2) is 27.6 Å². The smallest absolute Gasteiger partial charge is 0.231 e. The largest absolute Gasteiger partial charge is 0.454 e. The van der Waals surface area contributed by atoms with E-state index in [1.165, 1.54) is 0 Å². The van der Waals surface area contributed by atoms with Crippen LogP contribution in [0.5, 0.6) is 11.5 Å². The molecule has 0 radical (unpaired) electrons. The zero-order valence-corrected chi connectivity index (χ0v) is 12.0. The van der Waals surface area contributed by atoms with Crippen LogP contribution in [0.1, 0.15) is 23.6 Å². The second-order valence-corrected chi connectivity index (χ2v) is 5.52. The van der Waals surface area contributed by atoms with E-state index in [0.717, 1.165) is 54.6 Å². The molecule has 21 heavy (non-hydrogen) atoms. The molecule has 6 heteroatoms. The molecule has 0 saturated carbocycles. The molecule has 6 nitrogen and oxygen atoms in total. The second-order valence-electron chi connectivity index (χ2n) is 5.52. The number of rotatable bonds is 3. The molecule has 0 amide bonds. The van der Waals surface area contributed by atoms with Crippen molar-refractivity contribution in [2.75, 3.05) is 6.79 Å². The maximum atomic E-state index is 5.54. The van der Waals surface area contributed by atoms with Crippen molar-refractivity contribution in [1.82, 2.24) is 20.1 Å². The molecular weight excluding hydrogens is 268 g/mol. The fraction of sp³-hybridized carbons (Fsp3) is 0.467. The Morgan fingerprint density at radius 3 is 3.29 bits per heavy atom. The van der Waals surface area contributed by atoms with Gasteiger partial charge in [-0.3, -0.25) is 0 Å². The van der Waals surface area contributed by atoms with E-state index in [4.69, 9.17) is 9.47 Å². The summed E-state index contributed by atoms with van der Waals surface area (Å²) < 4.78 is 13.0. The lowest BCUT2D eigenvalue weighted by atomic mass is 10.1. The van der Waals surface area contributed by atoms with Crippen molar-refractivity contribution in [3.05, 3.63) is 35.4 Å². The average Bonchev–Trinajstić information content (AvgIpc) is 3.09. The molecule has 0 saturated heterocycles. The Kier molecular flexibility index (Phi) is 3.03. The summed E-state index contributed by atoms with van der Waals surface area (Å²) in [6, 6.07) is 6.44. The van der Waals surface area contributed by atoms with Crippen LogP contribution in [0.15, 0.2) is 18.2 Å². The molecule has 1 atom stereocenters. The Morgan fingerprint density at radius 1 is 1.38 bits per heavy atom. The van der Waals surface area contributed by atoms with Gasteiger partial charge in [-0.2, -0.15) is 5.10 Å². The van der Waals surface area contributed by atoms with Gasteiger partial charge in [0.25, 0.3) is 0 Å². The molecule has 0 spiro atoms. The summed E-state index contributed by atoms with van der Waals surface area (Å²) in [4.78, 5) is 4.44. The van der Waals surface area contributed by atoms with Crippen molar-refractivity contribution in [3.63, 3.8) is 0 Å². The van der Waals surface area contributed by atoms with Gasteiger partial charge in [-0.1, -0.05) is 12.1 Å². The van der Waals surface area contributed by atoms with Crippen LogP contribution in [-0.2, 0) is 19.5 Å². The van der Waals surface area contributed by atoms with Gasteiger partial charge in [-0.15, -0.1) is 0 Å². The number of aryl methyl sites for hydroxylation is 2. The number of benzene rings is 1. The Balaban J connectivity index is 1.43. The Bertz CT molecular complexity index is 668. The van der Waals surface area contributed by atoms with E-state index >= 15 is 0 Å². The summed E-state index contributed by atoms with van der Waals surface area (Å²) in [5.74, 6) is 3.67. The minimum absolute atomic E-state index is 0.317. The number of aromatic nitrogens is 3. The predicted molar refractivity (Wildman–Crippen MR) is 76.3 cm³/mol. The molecule has 4 rings (SSSR count). The topological polar surface area (TPSA) is 61.2 Å². The van der Waals surface area contributed by atoms with Gasteiger partial charge in [0.15, 0.2) is 11.5 Å². The average molecular weight is 286 g/mol. The quantitative estimate of drug-likeness (QED) is 0.924. The van der Waals surface area contributed by atoms with Crippen LogP contribution in [0.2, 0.25) is 0 Å². The summed E-state index contributed by atoms with van der Waals surface area (Å²) in [6.45, 7) is 3.92. The van der Waals surface area contributed by atoms with Crippen LogP contribution in [0.4, 0.5) is 0 Å². The molecular formula is C15H18N4O2. The van der Waals surface area contributed by atoms with Gasteiger partial charge in [0.05, 0.1) is 6.54 Å². The molecule has 1 N–H and O–H groups in total. The van der Waals surface area contributed by atoms with Gasteiger partial charge >= 0.3 is 0 Å². The van der Waals surface area contributed by atoms with Crippen LogP contribution >= 0.6 is 0 Å². The van der Waals surface area contributed by atoms with E-state index in [2.05, 4.69) is 21.5 Å². The molecule has 0 bridgehead atoms. The third kappa shape index (κ3) is 2.35. The first kappa shape index (κ1) is 12.6. The van der Waals surface area contributed by atoms with E-state index < -0.39 is 0 Å². The first-order chi connectivity index (χ1) is 10.3. The highest BCUT2D eigenvalue weighted by Gasteiger charge is 2.22. The van der Waals surface area contributed by atoms with Gasteiger partial charge in [0, 0.05) is 24.6 Å². The van der Waals surface area contributed by atoms with Gasteiger partial charge in [-0.25, -0.2) is 9.67 Å². The van der Waals surface area contributed by atoms with Crippen molar-refractivity contribution in [2.45, 2.75) is 38.9 Å². The van der Waals surface area contributed by atoms with Crippen molar-refractivity contribution >= 4 is 0 Å². The number of para-hydroxylation sites is 1. The molecule has 0 fully saturated rings. The third-order valence-electron chi connectivity index (χ3n) is 4.02. The van der Waals surface area contributed by atoms with E-state index in [1.54, 1.807) is 0 Å². The minimum atomic E-state index is 0.317. The molecule has 2 aromatic rings. The van der Waals surface area contributed by atoms with Gasteiger partial charge in [0.1, 0.15) is 11.6 Å². The molecule has 0 unspecified atom stereocenters. The first-order valence-corrected chi connectivity index (χ1v) is 7.31. The Morgan fingerprint density at radius 2 is 2.33 bits per heavy atom. The lowest BCUT2D eigenvalue weighted by molar-refractivity contribution is 0.173. The maximum absolute atomic E-state index is 5.54. The van der Waals surface area contributed by atoms with Crippen molar-refractivity contribution in [3.8, 4) is 11.5 Å². The lowest BCUT2D eigenvalue weighted by Gasteiger charge is -2.23. The van der Waals surface area contributed by atoms with Gasteiger partial charge in [0.2, 0.25) is 6.79 Å². The molecule has 3 heterocycles. The summed E-state index contributed by atoms with van der Waals surface area (Å²) in [5.41, 5.74) is 1.14. The summed E-state index contributed by atoms with van der Waals surface area (Å²) in [6.07, 6.45) is 2.07. The predicted octanol–water partition coefficient (Wildman–Crippen LogP) is 1.42. The van der Waals surface area contributed by atoms with E-state index in [-0.39, 0.29) is 0 Å². The van der Waals surface area contributed by atoms with Crippen LogP contribution in [0.25, 0.3) is 0 Å². The van der Waals surface area contributed by atoms with Crippen molar-refractivity contribution in [2.24, 2.45) is 0 Å². The fourth-order valence-electron chi connectivity index (χ4n) is 2.98. The number of hydrogen-bond acceptors (Lipinski definition) is 5. The van der Waals surface area contributed by atoms with Crippen molar-refractivity contribution < 1.29 is 9.47 Å². The zero-order chi connectivity index (χ0) is 14.2. The number of hydrogen-bond donors (Lipinski definition) is 1. The highest BCUT2D eigenvalue weighted by atomic mass is 16.7. The van der Waals surface area contributed by atoms with Crippen LogP contribution in [0.3, 0.4) is 0 Å². The van der Waals surface area contributed by atoms with Gasteiger partial charge < -0.3 is 14.8 Å². The van der Waals surface area contributed by atoms with Crippen LogP contribution in [0, 0.1) is 6.92 Å². The van der Waals surface area contributed by atoms with E-state index in [9.17, 15) is 0 Å². The molecule has 2 aliphatic rings. The van der Waals surface area contributed by atoms with Crippen LogP contribution < -0.4 is 14.8 Å². The normalized spacial score (nSPS) is 19.6. The molecule has 2 aliphatic heterocycles. The highest BCUT2D eigenvalue weighted by molar-refractivity contribution is 5.48. The highest BCUT2D eigenvalue weighted by Crippen LogP contribution is 2.35. The molecule has 1 aromatic heterocycles. The fourth-order valence-corrected chi connectivity index (χ4v) is 2.98. The zero-order valence-electron chi connectivity index (χ0n) is 12.0. The summed E-state index contributed by atoms with van der Waals surface area (Å²) >= 11 is 0. The Hall–Kier alpha value is -2.08. The SMILES string of the molecule is Cc1nc2n(n1)C[C@@H](NCc1cccc3c1OCO3)CC2. The van der Waals surface area contributed by atoms with Crippen molar-refractivity contribution in [1.29, 1.82) is 0 Å². The second kappa shape index (κ2) is 5.04. The number of ether oxygens (including phenoxy) is 2. The minimum Gasteiger partial charge on any atom is -0.454 e. The monoisotopic (exact) mass is 286 g/mol. The lowest BCUT2D eigenvalue weighted by Crippen LogP contribution is -2.37. The number of nitrogens with one attached hydrogen (secondary N) is 1. The van der Waals surface area contributed by atoms with E-state index in [1.807, 2.05) is 23.7 Å². The summed E-state index contributed by atoms with van der Waals surface area (Å²) in [5, 5.41) is 8.03. The molecule has 110 valence electrons. The third-order valence-corrected chi connectivity index (χ3v) is 4.02. The maximum Gasteiger partial charge on any atom is 0.231 e. The van der Waals surface area contributed by atoms with Gasteiger partial charge in [-0.05, 0) is 19.4 Å².